The van der Waals surface area contributed by atoms with E-state index in [9.17, 15) is 14.0 Å². The Morgan fingerprint density at radius 1 is 1.32 bits per heavy atom. The lowest BCUT2D eigenvalue weighted by Gasteiger charge is -2.34. The van der Waals surface area contributed by atoms with E-state index in [4.69, 9.17) is 0 Å². The predicted octanol–water partition coefficient (Wildman–Crippen LogP) is 2.15. The number of nitrogens with zero attached hydrogens (tertiary/aromatic N) is 2. The van der Waals surface area contributed by atoms with Gasteiger partial charge in [0.25, 0.3) is 0 Å². The highest BCUT2D eigenvalue weighted by Crippen LogP contribution is 2.13. The minimum absolute atomic E-state index is 0.00372. The number of carbonyl (C=O) groups is 2. The molecule has 2 rings (SSSR count). The van der Waals surface area contributed by atoms with Crippen LogP contribution in [0.3, 0.4) is 0 Å². The van der Waals surface area contributed by atoms with Crippen LogP contribution in [0.25, 0.3) is 0 Å². The van der Waals surface area contributed by atoms with E-state index < -0.39 is 0 Å². The molecule has 120 valence electrons. The molecule has 0 N–H and O–H groups in total. The van der Waals surface area contributed by atoms with Crippen LogP contribution in [-0.4, -0.2) is 47.8 Å². The summed E-state index contributed by atoms with van der Waals surface area (Å²) in [7, 11) is 0. The Labute approximate surface area is 130 Å². The average Bonchev–Trinajstić information content (AvgIpc) is 2.49. The van der Waals surface area contributed by atoms with Crippen LogP contribution in [0.15, 0.2) is 18.2 Å². The van der Waals surface area contributed by atoms with Crippen LogP contribution in [0.4, 0.5) is 4.39 Å². The van der Waals surface area contributed by atoms with E-state index in [1.165, 1.54) is 12.1 Å². The lowest BCUT2D eigenvalue weighted by Crippen LogP contribution is -2.52. The number of benzene rings is 1. The number of amides is 2. The van der Waals surface area contributed by atoms with E-state index in [1.54, 1.807) is 11.0 Å². The summed E-state index contributed by atoms with van der Waals surface area (Å²) in [6, 6.07) is 4.46. The molecule has 1 aliphatic heterocycles. The monoisotopic (exact) mass is 306 g/mol. The highest BCUT2D eigenvalue weighted by atomic mass is 19.1. The van der Waals surface area contributed by atoms with Gasteiger partial charge in [-0.1, -0.05) is 19.4 Å². The maximum absolute atomic E-state index is 13.3. The first-order chi connectivity index (χ1) is 10.5. The topological polar surface area (TPSA) is 40.6 Å². The van der Waals surface area contributed by atoms with Gasteiger partial charge in [0.1, 0.15) is 5.82 Å². The molecule has 0 radical (unpaired) electrons. The average molecular weight is 306 g/mol. The second-order valence-corrected chi connectivity index (χ2v) is 5.80. The Morgan fingerprint density at radius 2 is 2.09 bits per heavy atom. The largest absolute Gasteiger partial charge is 0.339 e. The van der Waals surface area contributed by atoms with Crippen LogP contribution < -0.4 is 0 Å². The Kier molecular flexibility index (Phi) is 5.52. The third-order valence-corrected chi connectivity index (χ3v) is 4.11. The lowest BCUT2D eigenvalue weighted by atomic mass is 10.0. The maximum Gasteiger partial charge on any atom is 0.242 e. The Bertz CT molecular complexity index is 560. The van der Waals surface area contributed by atoms with Crippen molar-refractivity contribution in [3.63, 3.8) is 0 Å². The Hall–Kier alpha value is -1.91. The van der Waals surface area contributed by atoms with E-state index in [2.05, 4.69) is 6.92 Å². The summed E-state index contributed by atoms with van der Waals surface area (Å²) < 4.78 is 13.3. The lowest BCUT2D eigenvalue weighted by molar-refractivity contribution is -0.144. The van der Waals surface area contributed by atoms with Crippen LogP contribution in [-0.2, 0) is 16.0 Å². The molecule has 0 aromatic heterocycles. The molecule has 0 saturated carbocycles. The maximum atomic E-state index is 13.3. The van der Waals surface area contributed by atoms with Crippen LogP contribution in [0.1, 0.15) is 30.9 Å². The summed E-state index contributed by atoms with van der Waals surface area (Å²) in [5.74, 6) is -0.449. The molecule has 1 aliphatic rings. The molecule has 1 heterocycles. The highest BCUT2D eigenvalue weighted by molar-refractivity contribution is 5.87. The van der Waals surface area contributed by atoms with Crippen LogP contribution >= 0.6 is 0 Å². The Morgan fingerprint density at radius 3 is 2.77 bits per heavy atom. The van der Waals surface area contributed by atoms with E-state index in [1.807, 2.05) is 11.8 Å². The minimum atomic E-state index is -0.339. The van der Waals surface area contributed by atoms with E-state index in [-0.39, 0.29) is 30.6 Å². The van der Waals surface area contributed by atoms with Gasteiger partial charge in [0.05, 0.1) is 13.0 Å². The third kappa shape index (κ3) is 4.06. The van der Waals surface area contributed by atoms with E-state index in [0.29, 0.717) is 18.7 Å². The summed E-state index contributed by atoms with van der Waals surface area (Å²) in [4.78, 5) is 27.8. The van der Waals surface area contributed by atoms with Crippen LogP contribution in [0, 0.1) is 12.7 Å². The molecule has 1 aromatic carbocycles. The molecule has 0 aliphatic carbocycles. The minimum Gasteiger partial charge on any atom is -0.339 e. The molecule has 0 spiro atoms. The number of carbonyl (C=O) groups excluding carboxylic acids is 2. The van der Waals surface area contributed by atoms with Crippen molar-refractivity contribution < 1.29 is 14.0 Å². The van der Waals surface area contributed by atoms with Crippen molar-refractivity contribution in [1.82, 2.24) is 9.80 Å². The summed E-state index contributed by atoms with van der Waals surface area (Å²) >= 11 is 0. The standard InChI is InChI=1S/C17H23FN2O2/c1-3-4-7-19-8-9-20(12-17(19)22)16(21)11-14-10-15(18)6-5-13(14)2/h5-6,10H,3-4,7-9,11-12H2,1-2H3. The number of hydrogen-bond donors (Lipinski definition) is 0. The van der Waals surface area contributed by atoms with Gasteiger partial charge in [-0.2, -0.15) is 0 Å². The van der Waals surface area contributed by atoms with Crippen molar-refractivity contribution in [3.8, 4) is 0 Å². The molecule has 0 atom stereocenters. The van der Waals surface area contributed by atoms with Crippen molar-refractivity contribution in [2.45, 2.75) is 33.1 Å². The number of rotatable bonds is 5. The number of piperazine rings is 1. The normalized spacial score (nSPS) is 15.3. The van der Waals surface area contributed by atoms with Gasteiger partial charge in [-0.25, -0.2) is 4.39 Å². The van der Waals surface area contributed by atoms with Crippen molar-refractivity contribution in [2.75, 3.05) is 26.2 Å². The molecular weight excluding hydrogens is 283 g/mol. The van der Waals surface area contributed by atoms with E-state index >= 15 is 0 Å². The molecule has 0 unspecified atom stereocenters. The summed E-state index contributed by atoms with van der Waals surface area (Å²) in [6.07, 6.45) is 2.18. The fourth-order valence-corrected chi connectivity index (χ4v) is 2.61. The van der Waals surface area contributed by atoms with Gasteiger partial charge in [0, 0.05) is 19.6 Å². The van der Waals surface area contributed by atoms with Gasteiger partial charge >= 0.3 is 0 Å². The first kappa shape index (κ1) is 16.5. The molecule has 0 bridgehead atoms. The molecule has 1 saturated heterocycles. The summed E-state index contributed by atoms with van der Waals surface area (Å²) in [5, 5.41) is 0. The number of halogens is 1. The van der Waals surface area contributed by atoms with Crippen molar-refractivity contribution in [3.05, 3.63) is 35.1 Å². The molecular formula is C17H23FN2O2. The van der Waals surface area contributed by atoms with Gasteiger partial charge in [0.2, 0.25) is 11.8 Å². The number of hydrogen-bond acceptors (Lipinski definition) is 2. The molecule has 5 heteroatoms. The predicted molar refractivity (Wildman–Crippen MR) is 82.9 cm³/mol. The molecule has 1 aromatic rings. The molecule has 2 amide bonds. The fourth-order valence-electron chi connectivity index (χ4n) is 2.61. The molecule has 22 heavy (non-hydrogen) atoms. The first-order valence-corrected chi connectivity index (χ1v) is 7.82. The first-order valence-electron chi connectivity index (χ1n) is 7.82. The fraction of sp³-hybridized carbons (Fsp3) is 0.529. The zero-order chi connectivity index (χ0) is 16.1. The van der Waals surface area contributed by atoms with Crippen molar-refractivity contribution in [2.24, 2.45) is 0 Å². The summed E-state index contributed by atoms with van der Waals surface area (Å²) in [5.41, 5.74) is 1.58. The van der Waals surface area contributed by atoms with Crippen molar-refractivity contribution >= 4 is 11.8 Å². The Balaban J connectivity index is 1.94. The summed E-state index contributed by atoms with van der Waals surface area (Å²) in [6.45, 7) is 5.99. The van der Waals surface area contributed by atoms with Gasteiger partial charge in [-0.05, 0) is 36.6 Å². The quantitative estimate of drug-likeness (QED) is 0.836. The zero-order valence-electron chi connectivity index (χ0n) is 13.3. The SMILES string of the molecule is CCCCN1CCN(C(=O)Cc2cc(F)ccc2C)CC1=O. The second-order valence-electron chi connectivity index (χ2n) is 5.80. The van der Waals surface area contributed by atoms with Gasteiger partial charge in [-0.15, -0.1) is 0 Å². The van der Waals surface area contributed by atoms with Crippen LogP contribution in [0.2, 0.25) is 0 Å². The smallest absolute Gasteiger partial charge is 0.242 e. The van der Waals surface area contributed by atoms with E-state index in [0.717, 1.165) is 24.9 Å². The zero-order valence-corrected chi connectivity index (χ0v) is 13.3. The highest BCUT2D eigenvalue weighted by Gasteiger charge is 2.26. The number of aryl methyl sites for hydroxylation is 1. The van der Waals surface area contributed by atoms with Gasteiger partial charge < -0.3 is 9.80 Å². The van der Waals surface area contributed by atoms with Crippen molar-refractivity contribution in [1.29, 1.82) is 0 Å². The molecule has 4 nitrogen and oxygen atoms in total. The number of unbranched alkanes of at least 4 members (excludes halogenated alkanes) is 1. The third-order valence-electron chi connectivity index (χ3n) is 4.11. The van der Waals surface area contributed by atoms with Crippen LogP contribution in [0.5, 0.6) is 0 Å². The van der Waals surface area contributed by atoms with Gasteiger partial charge in [-0.3, -0.25) is 9.59 Å². The second kappa shape index (κ2) is 7.38. The van der Waals surface area contributed by atoms with Gasteiger partial charge in [0.15, 0.2) is 0 Å². The molecule has 1 fully saturated rings.